The van der Waals surface area contributed by atoms with Crippen molar-refractivity contribution in [1.29, 1.82) is 0 Å². The minimum absolute atomic E-state index is 0.0936. The van der Waals surface area contributed by atoms with Gasteiger partial charge in [0.1, 0.15) is 0 Å². The quantitative estimate of drug-likeness (QED) is 0.847. The molecule has 2 aromatic rings. The van der Waals surface area contributed by atoms with Crippen LogP contribution in [-0.4, -0.2) is 5.91 Å². The van der Waals surface area contributed by atoms with Crippen LogP contribution in [0.25, 0.3) is 0 Å². The van der Waals surface area contributed by atoms with Crippen LogP contribution in [0.15, 0.2) is 46.9 Å². The number of fused-ring (bicyclic) bond motifs is 1. The Morgan fingerprint density at radius 1 is 1.14 bits per heavy atom. The van der Waals surface area contributed by atoms with Gasteiger partial charge in [-0.25, -0.2) is 0 Å². The highest BCUT2D eigenvalue weighted by Crippen LogP contribution is 2.36. The lowest BCUT2D eigenvalue weighted by Crippen LogP contribution is -2.14. The van der Waals surface area contributed by atoms with E-state index in [0.29, 0.717) is 5.92 Å². The van der Waals surface area contributed by atoms with Gasteiger partial charge in [-0.15, -0.1) is 0 Å². The van der Waals surface area contributed by atoms with Gasteiger partial charge >= 0.3 is 0 Å². The van der Waals surface area contributed by atoms with Crippen molar-refractivity contribution in [3.63, 3.8) is 0 Å². The Morgan fingerprint density at radius 3 is 2.52 bits per heavy atom. The first kappa shape index (κ1) is 14.3. The van der Waals surface area contributed by atoms with Crippen LogP contribution in [-0.2, 0) is 11.2 Å². The second kappa shape index (κ2) is 5.64. The summed E-state index contributed by atoms with van der Waals surface area (Å²) in [5.41, 5.74) is 4.56. The molecule has 0 unspecified atom stereocenters. The van der Waals surface area contributed by atoms with E-state index < -0.39 is 0 Å². The number of benzene rings is 2. The number of anilines is 1. The Morgan fingerprint density at radius 2 is 1.86 bits per heavy atom. The topological polar surface area (TPSA) is 29.1 Å². The van der Waals surface area contributed by atoms with Crippen molar-refractivity contribution >= 4 is 27.5 Å². The minimum atomic E-state index is -0.0950. The molecule has 2 aromatic carbocycles. The van der Waals surface area contributed by atoms with Crippen molar-refractivity contribution in [1.82, 2.24) is 0 Å². The third-order valence-corrected chi connectivity index (χ3v) is 4.54. The molecule has 0 aliphatic carbocycles. The van der Waals surface area contributed by atoms with E-state index in [9.17, 15) is 4.79 Å². The van der Waals surface area contributed by atoms with E-state index in [1.807, 2.05) is 18.2 Å². The lowest BCUT2D eigenvalue weighted by atomic mass is 9.92. The summed E-state index contributed by atoms with van der Waals surface area (Å²) in [6.07, 6.45) is 0.744. The van der Waals surface area contributed by atoms with Crippen molar-refractivity contribution in [2.75, 3.05) is 5.32 Å². The highest BCUT2D eigenvalue weighted by atomic mass is 79.9. The third-order valence-electron chi connectivity index (χ3n) is 4.05. The maximum absolute atomic E-state index is 12.2. The molecule has 1 atom stereocenters. The molecule has 1 aliphatic heterocycles. The van der Waals surface area contributed by atoms with Gasteiger partial charge in [-0.1, -0.05) is 54.0 Å². The first-order chi connectivity index (χ1) is 10.0. The van der Waals surface area contributed by atoms with Crippen molar-refractivity contribution in [2.24, 2.45) is 0 Å². The number of amides is 1. The van der Waals surface area contributed by atoms with E-state index in [1.165, 1.54) is 11.1 Å². The summed E-state index contributed by atoms with van der Waals surface area (Å²) in [6, 6.07) is 14.6. The lowest BCUT2D eigenvalue weighted by Gasteiger charge is -2.11. The van der Waals surface area contributed by atoms with Gasteiger partial charge in [0.15, 0.2) is 0 Å². The molecule has 1 N–H and O–H groups in total. The second-order valence-corrected chi connectivity index (χ2v) is 6.79. The summed E-state index contributed by atoms with van der Waals surface area (Å²) in [5, 5.41) is 2.96. The average molecular weight is 344 g/mol. The predicted octanol–water partition coefficient (Wildman–Crippen LogP) is 4.85. The molecule has 2 nitrogen and oxygen atoms in total. The fourth-order valence-electron chi connectivity index (χ4n) is 2.77. The molecule has 0 saturated carbocycles. The Kier molecular flexibility index (Phi) is 3.85. The van der Waals surface area contributed by atoms with Gasteiger partial charge < -0.3 is 5.32 Å². The Hall–Kier alpha value is -1.61. The van der Waals surface area contributed by atoms with E-state index in [4.69, 9.17) is 0 Å². The van der Waals surface area contributed by atoms with Crippen LogP contribution < -0.4 is 5.32 Å². The first-order valence-corrected chi connectivity index (χ1v) is 8.03. The molecule has 1 aliphatic rings. The van der Waals surface area contributed by atoms with Crippen LogP contribution in [0, 0.1) is 0 Å². The van der Waals surface area contributed by atoms with E-state index in [2.05, 4.69) is 59.4 Å². The molecule has 0 aromatic heterocycles. The second-order valence-electron chi connectivity index (χ2n) is 5.87. The van der Waals surface area contributed by atoms with Crippen molar-refractivity contribution < 1.29 is 4.79 Å². The van der Waals surface area contributed by atoms with Crippen molar-refractivity contribution in [3.05, 3.63) is 63.6 Å². The van der Waals surface area contributed by atoms with Crippen molar-refractivity contribution in [2.45, 2.75) is 32.1 Å². The summed E-state index contributed by atoms with van der Waals surface area (Å²) >= 11 is 3.48. The van der Waals surface area contributed by atoms with E-state index in [-0.39, 0.29) is 11.8 Å². The largest absolute Gasteiger partial charge is 0.325 e. The molecule has 3 heteroatoms. The zero-order valence-corrected chi connectivity index (χ0v) is 13.8. The first-order valence-electron chi connectivity index (χ1n) is 7.24. The fraction of sp³-hybridized carbons (Fsp3) is 0.278. The minimum Gasteiger partial charge on any atom is -0.325 e. The fourth-order valence-corrected chi connectivity index (χ4v) is 3.15. The molecule has 1 amide bonds. The SMILES string of the molecule is CC(C)c1ccc(C[C@@H]2C(=O)Nc3ccc(Br)cc32)cc1. The maximum atomic E-state index is 12.2. The maximum Gasteiger partial charge on any atom is 0.232 e. The van der Waals surface area contributed by atoms with Gasteiger partial charge in [0.05, 0.1) is 5.92 Å². The van der Waals surface area contributed by atoms with Crippen molar-refractivity contribution in [3.8, 4) is 0 Å². The van der Waals surface area contributed by atoms with Crippen LogP contribution in [0.2, 0.25) is 0 Å². The number of carbonyl (C=O) groups is 1. The van der Waals surface area contributed by atoms with Crippen LogP contribution in [0.1, 0.15) is 42.4 Å². The smallest absolute Gasteiger partial charge is 0.232 e. The van der Waals surface area contributed by atoms with Gasteiger partial charge in [-0.3, -0.25) is 4.79 Å². The average Bonchev–Trinajstić information content (AvgIpc) is 2.76. The monoisotopic (exact) mass is 343 g/mol. The molecular weight excluding hydrogens is 326 g/mol. The Balaban J connectivity index is 1.85. The highest BCUT2D eigenvalue weighted by Gasteiger charge is 2.30. The van der Waals surface area contributed by atoms with Gasteiger partial charge in [-0.05, 0) is 47.2 Å². The normalized spacial score (nSPS) is 17.0. The summed E-state index contributed by atoms with van der Waals surface area (Å²) in [5.74, 6) is 0.531. The number of carbonyl (C=O) groups excluding carboxylic acids is 1. The number of nitrogens with one attached hydrogen (secondary N) is 1. The van der Waals surface area contributed by atoms with Gasteiger partial charge in [0, 0.05) is 10.2 Å². The number of rotatable bonds is 3. The Labute approximate surface area is 133 Å². The Bertz CT molecular complexity index is 676. The molecule has 0 fully saturated rings. The molecule has 3 rings (SSSR count). The molecule has 0 spiro atoms. The third kappa shape index (κ3) is 2.88. The van der Waals surface area contributed by atoms with Crippen LogP contribution in [0.4, 0.5) is 5.69 Å². The van der Waals surface area contributed by atoms with Crippen LogP contribution in [0.3, 0.4) is 0 Å². The summed E-state index contributed by atoms with van der Waals surface area (Å²) in [4.78, 5) is 12.2. The molecule has 0 radical (unpaired) electrons. The molecule has 0 bridgehead atoms. The summed E-state index contributed by atoms with van der Waals surface area (Å²) in [7, 11) is 0. The van der Waals surface area contributed by atoms with E-state index in [1.54, 1.807) is 0 Å². The van der Waals surface area contributed by atoms with Gasteiger partial charge in [0.25, 0.3) is 0 Å². The number of halogens is 1. The lowest BCUT2D eigenvalue weighted by molar-refractivity contribution is -0.117. The van der Waals surface area contributed by atoms with Crippen LogP contribution >= 0.6 is 15.9 Å². The predicted molar refractivity (Wildman–Crippen MR) is 89.7 cm³/mol. The zero-order valence-electron chi connectivity index (χ0n) is 12.2. The molecule has 0 saturated heterocycles. The van der Waals surface area contributed by atoms with Gasteiger partial charge in [-0.2, -0.15) is 0 Å². The zero-order chi connectivity index (χ0) is 15.0. The van der Waals surface area contributed by atoms with Gasteiger partial charge in [0.2, 0.25) is 5.91 Å². The van der Waals surface area contributed by atoms with E-state index in [0.717, 1.165) is 22.1 Å². The molecular formula is C18H18BrNO. The van der Waals surface area contributed by atoms with Crippen LogP contribution in [0.5, 0.6) is 0 Å². The molecule has 1 heterocycles. The highest BCUT2D eigenvalue weighted by molar-refractivity contribution is 9.10. The summed E-state index contributed by atoms with van der Waals surface area (Å²) in [6.45, 7) is 4.38. The molecule has 21 heavy (non-hydrogen) atoms. The standard InChI is InChI=1S/C18H18BrNO/c1-11(2)13-5-3-12(4-6-13)9-16-15-10-14(19)7-8-17(15)20-18(16)21/h3-8,10-11,16H,9H2,1-2H3,(H,20,21)/t16-/m0/s1. The number of hydrogen-bond donors (Lipinski definition) is 1. The van der Waals surface area contributed by atoms with E-state index >= 15 is 0 Å². The summed E-state index contributed by atoms with van der Waals surface area (Å²) < 4.78 is 1.01. The number of hydrogen-bond acceptors (Lipinski definition) is 1. The molecule has 108 valence electrons.